The Morgan fingerprint density at radius 1 is 1.24 bits per heavy atom. The smallest absolute Gasteiger partial charge is 0.223 e. The first-order chi connectivity index (χ1) is 12.3. The van der Waals surface area contributed by atoms with E-state index < -0.39 is 0 Å². The Balaban J connectivity index is 1.49. The van der Waals surface area contributed by atoms with Gasteiger partial charge in [0.25, 0.3) is 0 Å². The van der Waals surface area contributed by atoms with E-state index in [2.05, 4.69) is 31.2 Å². The van der Waals surface area contributed by atoms with Gasteiger partial charge in [0.05, 0.1) is 11.7 Å². The molecule has 1 unspecified atom stereocenters. The summed E-state index contributed by atoms with van der Waals surface area (Å²) >= 11 is 0. The average Bonchev–Trinajstić information content (AvgIpc) is 3.38. The topological polar surface area (TPSA) is 73.9 Å². The molecular formula is C19H21N5O. The molecule has 1 atom stereocenters. The third kappa shape index (κ3) is 2.62. The molecule has 0 radical (unpaired) electrons. The molecule has 3 aromatic heterocycles. The minimum atomic E-state index is 0.233. The maximum atomic E-state index is 12.1. The molecule has 1 amide bonds. The highest BCUT2D eigenvalue weighted by atomic mass is 16.2. The first-order valence-corrected chi connectivity index (χ1v) is 9.06. The molecule has 3 aromatic rings. The minimum absolute atomic E-state index is 0.233. The van der Waals surface area contributed by atoms with Crippen LogP contribution in [0.25, 0.3) is 21.9 Å². The van der Waals surface area contributed by atoms with Gasteiger partial charge in [-0.25, -0.2) is 9.97 Å². The van der Waals surface area contributed by atoms with Gasteiger partial charge in [0.2, 0.25) is 5.91 Å². The third-order valence-electron chi connectivity index (χ3n) is 5.33. The second kappa shape index (κ2) is 5.72. The standard InChI is InChI=1S/C19H21N5O/c25-19(12-3-4-12)23-13-2-1-9-24(11-13)16-6-8-20-15-10-22-18-14(17(15)16)5-7-21-18/h5-8,10,12-13,20H,1-4,9,11H2,(H,23,25). The van der Waals surface area contributed by atoms with Gasteiger partial charge in [0.15, 0.2) is 5.65 Å². The lowest BCUT2D eigenvalue weighted by molar-refractivity contribution is -0.123. The molecule has 2 fully saturated rings. The second-order valence-electron chi connectivity index (χ2n) is 7.16. The summed E-state index contributed by atoms with van der Waals surface area (Å²) < 4.78 is 0. The van der Waals surface area contributed by atoms with Crippen LogP contribution in [-0.4, -0.2) is 40.0 Å². The predicted octanol–water partition coefficient (Wildman–Crippen LogP) is 2.61. The number of nitrogens with zero attached hydrogens (tertiary/aromatic N) is 3. The van der Waals surface area contributed by atoms with E-state index in [9.17, 15) is 4.79 Å². The number of hydrogen-bond donors (Lipinski definition) is 2. The SMILES string of the molecule is O=C(NC1CCCN(c2cc[nH]c3cnc4nccc4c23)C1)C1CC1. The van der Waals surface area contributed by atoms with Crippen LogP contribution in [0, 0.1) is 5.92 Å². The molecule has 128 valence electrons. The number of nitrogens with one attached hydrogen (secondary N) is 2. The van der Waals surface area contributed by atoms with Gasteiger partial charge in [-0.3, -0.25) is 4.79 Å². The maximum absolute atomic E-state index is 12.1. The van der Waals surface area contributed by atoms with Crippen LogP contribution in [0.5, 0.6) is 0 Å². The van der Waals surface area contributed by atoms with Crippen LogP contribution in [0.2, 0.25) is 0 Å². The van der Waals surface area contributed by atoms with Crippen LogP contribution in [-0.2, 0) is 4.79 Å². The Morgan fingerprint density at radius 3 is 3.04 bits per heavy atom. The van der Waals surface area contributed by atoms with Crippen molar-refractivity contribution in [3.05, 3.63) is 30.7 Å². The van der Waals surface area contributed by atoms with Crippen molar-refractivity contribution in [1.82, 2.24) is 20.3 Å². The molecule has 2 N–H and O–H groups in total. The van der Waals surface area contributed by atoms with Crippen molar-refractivity contribution in [3.8, 4) is 0 Å². The number of H-pyrrole nitrogens is 1. The lowest BCUT2D eigenvalue weighted by atomic mass is 10.0. The van der Waals surface area contributed by atoms with Gasteiger partial charge in [-0.15, -0.1) is 0 Å². The van der Waals surface area contributed by atoms with E-state index >= 15 is 0 Å². The van der Waals surface area contributed by atoms with E-state index in [0.29, 0.717) is 0 Å². The van der Waals surface area contributed by atoms with Gasteiger partial charge in [-0.1, -0.05) is 0 Å². The van der Waals surface area contributed by atoms with Crippen molar-refractivity contribution in [2.45, 2.75) is 31.7 Å². The lowest BCUT2D eigenvalue weighted by Gasteiger charge is -2.35. The number of carbonyl (C=O) groups excluding carboxylic acids is 1. The predicted molar refractivity (Wildman–Crippen MR) is 97.5 cm³/mol. The maximum Gasteiger partial charge on any atom is 0.223 e. The van der Waals surface area contributed by atoms with Crippen molar-refractivity contribution in [1.29, 1.82) is 0 Å². The molecule has 0 spiro atoms. The molecule has 4 heterocycles. The fraction of sp³-hybridized carbons (Fsp3) is 0.421. The van der Waals surface area contributed by atoms with Gasteiger partial charge < -0.3 is 15.2 Å². The highest BCUT2D eigenvalue weighted by molar-refractivity contribution is 6.10. The summed E-state index contributed by atoms with van der Waals surface area (Å²) in [6.07, 6.45) is 9.87. The van der Waals surface area contributed by atoms with Crippen LogP contribution in [0.1, 0.15) is 25.7 Å². The van der Waals surface area contributed by atoms with Crippen LogP contribution in [0.4, 0.5) is 5.69 Å². The van der Waals surface area contributed by atoms with Crippen LogP contribution >= 0.6 is 0 Å². The number of carbonyl (C=O) groups is 1. The number of anilines is 1. The summed E-state index contributed by atoms with van der Waals surface area (Å²) in [5, 5.41) is 5.49. The molecule has 2 aliphatic rings. The number of pyridine rings is 2. The summed E-state index contributed by atoms with van der Waals surface area (Å²) in [5.74, 6) is 0.508. The van der Waals surface area contributed by atoms with E-state index in [4.69, 9.17) is 0 Å². The summed E-state index contributed by atoms with van der Waals surface area (Å²) in [4.78, 5) is 26.6. The first-order valence-electron chi connectivity index (χ1n) is 9.06. The van der Waals surface area contributed by atoms with Gasteiger partial charge in [-0.05, 0) is 37.8 Å². The number of hydrogen-bond acceptors (Lipinski definition) is 4. The van der Waals surface area contributed by atoms with Gasteiger partial charge in [0.1, 0.15) is 0 Å². The van der Waals surface area contributed by atoms with E-state index in [0.717, 1.165) is 55.3 Å². The first kappa shape index (κ1) is 14.7. The largest absolute Gasteiger partial charge is 0.369 e. The highest BCUT2D eigenvalue weighted by Crippen LogP contribution is 2.33. The van der Waals surface area contributed by atoms with E-state index in [1.807, 2.05) is 24.7 Å². The summed E-state index contributed by atoms with van der Waals surface area (Å²) in [5.41, 5.74) is 2.99. The highest BCUT2D eigenvalue weighted by Gasteiger charge is 2.32. The fourth-order valence-corrected chi connectivity index (χ4v) is 3.88. The molecule has 6 nitrogen and oxygen atoms in total. The Labute approximate surface area is 145 Å². The number of rotatable bonds is 3. The average molecular weight is 335 g/mol. The molecule has 25 heavy (non-hydrogen) atoms. The number of fused-ring (bicyclic) bond motifs is 3. The summed E-state index contributed by atoms with van der Waals surface area (Å²) in [6, 6.07) is 4.38. The molecule has 0 bridgehead atoms. The zero-order chi connectivity index (χ0) is 16.8. The van der Waals surface area contributed by atoms with Crippen molar-refractivity contribution in [2.24, 2.45) is 5.92 Å². The van der Waals surface area contributed by atoms with E-state index in [-0.39, 0.29) is 17.9 Å². The van der Waals surface area contributed by atoms with Gasteiger partial charge >= 0.3 is 0 Å². The van der Waals surface area contributed by atoms with Crippen LogP contribution in [0.15, 0.2) is 30.7 Å². The van der Waals surface area contributed by atoms with Crippen LogP contribution < -0.4 is 10.2 Å². The molecule has 1 aliphatic heterocycles. The Bertz CT molecular complexity index is 945. The quantitative estimate of drug-likeness (QED) is 0.771. The Hall–Kier alpha value is -2.63. The van der Waals surface area contributed by atoms with Crippen molar-refractivity contribution < 1.29 is 4.79 Å². The van der Waals surface area contributed by atoms with Gasteiger partial charge in [-0.2, -0.15) is 0 Å². The Morgan fingerprint density at radius 2 is 2.16 bits per heavy atom. The van der Waals surface area contributed by atoms with Crippen molar-refractivity contribution in [2.75, 3.05) is 18.0 Å². The van der Waals surface area contributed by atoms with E-state index in [1.54, 1.807) is 0 Å². The molecule has 1 saturated heterocycles. The number of piperidine rings is 1. The normalized spacial score (nSPS) is 21.0. The molecule has 6 heteroatoms. The minimum Gasteiger partial charge on any atom is -0.369 e. The fourth-order valence-electron chi connectivity index (χ4n) is 3.88. The Kier molecular flexibility index (Phi) is 3.36. The summed E-state index contributed by atoms with van der Waals surface area (Å²) in [6.45, 7) is 1.86. The number of aromatic amines is 1. The second-order valence-corrected chi connectivity index (χ2v) is 7.16. The monoisotopic (exact) mass is 335 g/mol. The third-order valence-corrected chi connectivity index (χ3v) is 5.33. The lowest BCUT2D eigenvalue weighted by Crippen LogP contribution is -2.48. The molecular weight excluding hydrogens is 314 g/mol. The number of aromatic nitrogens is 3. The van der Waals surface area contributed by atoms with Crippen molar-refractivity contribution >= 4 is 33.5 Å². The zero-order valence-corrected chi connectivity index (χ0v) is 14.0. The number of amides is 1. The van der Waals surface area contributed by atoms with E-state index in [1.165, 1.54) is 11.1 Å². The molecule has 1 saturated carbocycles. The molecule has 1 aliphatic carbocycles. The molecule has 5 rings (SSSR count). The van der Waals surface area contributed by atoms with Crippen molar-refractivity contribution in [3.63, 3.8) is 0 Å². The molecule has 0 aromatic carbocycles. The summed E-state index contributed by atoms with van der Waals surface area (Å²) in [7, 11) is 0. The van der Waals surface area contributed by atoms with Crippen LogP contribution in [0.3, 0.4) is 0 Å². The zero-order valence-electron chi connectivity index (χ0n) is 14.0. The van der Waals surface area contributed by atoms with Gasteiger partial charge in [0, 0.05) is 53.9 Å².